The van der Waals surface area contributed by atoms with Gasteiger partial charge in [0.25, 0.3) is 0 Å². The first-order valence-electron chi connectivity index (χ1n) is 7.72. The van der Waals surface area contributed by atoms with E-state index < -0.39 is 0 Å². The molecule has 1 aliphatic carbocycles. The lowest BCUT2D eigenvalue weighted by atomic mass is 9.78. The van der Waals surface area contributed by atoms with Gasteiger partial charge >= 0.3 is 6.03 Å². The Morgan fingerprint density at radius 3 is 2.86 bits per heavy atom. The van der Waals surface area contributed by atoms with E-state index in [-0.39, 0.29) is 11.6 Å². The van der Waals surface area contributed by atoms with Crippen LogP contribution in [0.3, 0.4) is 0 Å². The first-order chi connectivity index (χ1) is 10.7. The maximum absolute atomic E-state index is 12.2. The molecule has 1 aromatic heterocycles. The van der Waals surface area contributed by atoms with Crippen LogP contribution in [0.1, 0.15) is 36.6 Å². The highest BCUT2D eigenvalue weighted by atomic mass is 16.2. The number of amides is 2. The first-order valence-corrected chi connectivity index (χ1v) is 7.72. The molecule has 0 saturated heterocycles. The summed E-state index contributed by atoms with van der Waals surface area (Å²) < 4.78 is 0. The van der Waals surface area contributed by atoms with E-state index in [1.807, 2.05) is 24.3 Å². The maximum atomic E-state index is 12.2. The van der Waals surface area contributed by atoms with E-state index in [4.69, 9.17) is 0 Å². The van der Waals surface area contributed by atoms with Gasteiger partial charge in [0.05, 0.1) is 17.8 Å². The summed E-state index contributed by atoms with van der Waals surface area (Å²) in [5, 5.41) is 6.03. The molecule has 2 amide bonds. The van der Waals surface area contributed by atoms with E-state index in [0.29, 0.717) is 6.54 Å². The van der Waals surface area contributed by atoms with Crippen LogP contribution in [0.2, 0.25) is 0 Å². The molecule has 0 bridgehead atoms. The molecular weight excluding hydrogens is 274 g/mol. The van der Waals surface area contributed by atoms with E-state index in [1.165, 1.54) is 11.1 Å². The van der Waals surface area contributed by atoms with E-state index in [1.54, 1.807) is 6.20 Å². The molecule has 0 radical (unpaired) electrons. The average Bonchev–Trinajstić information content (AvgIpc) is 2.54. The summed E-state index contributed by atoms with van der Waals surface area (Å²) >= 11 is 0. The number of carbonyl (C=O) groups is 1. The number of rotatable bonds is 3. The normalized spacial score (nSPS) is 20.0. The molecule has 0 spiro atoms. The van der Waals surface area contributed by atoms with Crippen LogP contribution in [0.4, 0.5) is 4.79 Å². The van der Waals surface area contributed by atoms with Crippen molar-refractivity contribution in [2.24, 2.45) is 0 Å². The summed E-state index contributed by atoms with van der Waals surface area (Å²) in [5.41, 5.74) is 3.12. The molecule has 114 valence electrons. The molecular formula is C18H21N3O. The minimum atomic E-state index is -0.303. The molecule has 0 fully saturated rings. The van der Waals surface area contributed by atoms with Crippen LogP contribution in [0.25, 0.3) is 0 Å². The Balaban J connectivity index is 1.66. The number of hydrogen-bond donors (Lipinski definition) is 2. The molecule has 4 heteroatoms. The number of nitrogens with zero attached hydrogens (tertiary/aromatic N) is 1. The van der Waals surface area contributed by atoms with Gasteiger partial charge in [0, 0.05) is 6.20 Å². The second-order valence-corrected chi connectivity index (χ2v) is 5.97. The number of hydrogen-bond acceptors (Lipinski definition) is 2. The Morgan fingerprint density at radius 2 is 2.05 bits per heavy atom. The zero-order chi connectivity index (χ0) is 15.4. The SMILES string of the molecule is C[C@@]1(NC(=O)NCc2ccccn2)CCCc2ccccc21. The van der Waals surface area contributed by atoms with Gasteiger partial charge < -0.3 is 10.6 Å². The second kappa shape index (κ2) is 6.18. The molecule has 1 aromatic carbocycles. The first kappa shape index (κ1) is 14.6. The predicted molar refractivity (Wildman–Crippen MR) is 86.3 cm³/mol. The number of aryl methyl sites for hydroxylation is 1. The molecule has 0 unspecified atom stereocenters. The minimum Gasteiger partial charge on any atom is -0.332 e. The Kier molecular flexibility index (Phi) is 4.09. The molecule has 1 atom stereocenters. The van der Waals surface area contributed by atoms with Gasteiger partial charge in [-0.3, -0.25) is 4.98 Å². The predicted octanol–water partition coefficient (Wildman–Crippen LogP) is 3.13. The van der Waals surface area contributed by atoms with Crippen LogP contribution >= 0.6 is 0 Å². The van der Waals surface area contributed by atoms with Gasteiger partial charge in [-0.25, -0.2) is 4.79 Å². The van der Waals surface area contributed by atoms with Crippen LogP contribution < -0.4 is 10.6 Å². The van der Waals surface area contributed by atoms with Crippen molar-refractivity contribution in [2.75, 3.05) is 0 Å². The van der Waals surface area contributed by atoms with Crippen molar-refractivity contribution in [3.63, 3.8) is 0 Å². The summed E-state index contributed by atoms with van der Waals surface area (Å²) in [6, 6.07) is 13.9. The van der Waals surface area contributed by atoms with Crippen LogP contribution in [0.5, 0.6) is 0 Å². The summed E-state index contributed by atoms with van der Waals surface area (Å²) in [7, 11) is 0. The topological polar surface area (TPSA) is 54.0 Å². The lowest BCUT2D eigenvalue weighted by Gasteiger charge is -2.36. The van der Waals surface area contributed by atoms with Gasteiger partial charge in [-0.15, -0.1) is 0 Å². The summed E-state index contributed by atoms with van der Waals surface area (Å²) in [6.45, 7) is 2.54. The molecule has 22 heavy (non-hydrogen) atoms. The highest BCUT2D eigenvalue weighted by molar-refractivity contribution is 5.75. The Labute approximate surface area is 131 Å². The monoisotopic (exact) mass is 295 g/mol. The highest BCUT2D eigenvalue weighted by Crippen LogP contribution is 2.34. The molecule has 3 rings (SSSR count). The highest BCUT2D eigenvalue weighted by Gasteiger charge is 2.33. The van der Waals surface area contributed by atoms with Crippen molar-refractivity contribution in [1.29, 1.82) is 0 Å². The maximum Gasteiger partial charge on any atom is 0.315 e. The lowest BCUT2D eigenvalue weighted by Crippen LogP contribution is -2.49. The lowest BCUT2D eigenvalue weighted by molar-refractivity contribution is 0.221. The molecule has 0 aliphatic heterocycles. The van der Waals surface area contributed by atoms with Crippen LogP contribution in [0, 0.1) is 0 Å². The largest absolute Gasteiger partial charge is 0.332 e. The van der Waals surface area contributed by atoms with Crippen LogP contribution in [0.15, 0.2) is 48.7 Å². The molecule has 2 N–H and O–H groups in total. The van der Waals surface area contributed by atoms with E-state index in [9.17, 15) is 4.79 Å². The summed E-state index contributed by atoms with van der Waals surface area (Å²) in [5.74, 6) is 0. The Bertz CT molecular complexity index is 656. The zero-order valence-electron chi connectivity index (χ0n) is 12.8. The van der Waals surface area contributed by atoms with Gasteiger partial charge in [0.1, 0.15) is 0 Å². The van der Waals surface area contributed by atoms with Crippen molar-refractivity contribution in [3.8, 4) is 0 Å². The average molecular weight is 295 g/mol. The molecule has 2 aromatic rings. The molecule has 1 aliphatic rings. The Hall–Kier alpha value is -2.36. The van der Waals surface area contributed by atoms with Crippen LogP contribution in [-0.2, 0) is 18.5 Å². The van der Waals surface area contributed by atoms with Crippen molar-refractivity contribution in [3.05, 3.63) is 65.5 Å². The molecule has 1 heterocycles. The van der Waals surface area contributed by atoms with Gasteiger partial charge in [-0.05, 0) is 49.4 Å². The van der Waals surface area contributed by atoms with E-state index in [0.717, 1.165) is 25.0 Å². The summed E-state index contributed by atoms with van der Waals surface area (Å²) in [6.07, 6.45) is 4.87. The van der Waals surface area contributed by atoms with Gasteiger partial charge in [-0.1, -0.05) is 30.3 Å². The van der Waals surface area contributed by atoms with Crippen molar-refractivity contribution in [2.45, 2.75) is 38.3 Å². The third kappa shape index (κ3) is 3.11. The van der Waals surface area contributed by atoms with Crippen molar-refractivity contribution >= 4 is 6.03 Å². The number of nitrogens with one attached hydrogen (secondary N) is 2. The quantitative estimate of drug-likeness (QED) is 0.914. The van der Waals surface area contributed by atoms with Gasteiger partial charge in [-0.2, -0.15) is 0 Å². The third-order valence-corrected chi connectivity index (χ3v) is 4.28. The fourth-order valence-electron chi connectivity index (χ4n) is 3.14. The summed E-state index contributed by atoms with van der Waals surface area (Å²) in [4.78, 5) is 16.5. The third-order valence-electron chi connectivity index (χ3n) is 4.28. The zero-order valence-corrected chi connectivity index (χ0v) is 12.8. The Morgan fingerprint density at radius 1 is 1.23 bits per heavy atom. The second-order valence-electron chi connectivity index (χ2n) is 5.97. The van der Waals surface area contributed by atoms with Gasteiger partial charge in [0.15, 0.2) is 0 Å². The van der Waals surface area contributed by atoms with E-state index in [2.05, 4.69) is 40.7 Å². The molecule has 0 saturated carbocycles. The number of pyridine rings is 1. The van der Waals surface area contributed by atoms with Crippen molar-refractivity contribution in [1.82, 2.24) is 15.6 Å². The molecule has 4 nitrogen and oxygen atoms in total. The fourth-order valence-corrected chi connectivity index (χ4v) is 3.14. The van der Waals surface area contributed by atoms with Crippen LogP contribution in [-0.4, -0.2) is 11.0 Å². The fraction of sp³-hybridized carbons (Fsp3) is 0.333. The van der Waals surface area contributed by atoms with Gasteiger partial charge in [0.2, 0.25) is 0 Å². The number of carbonyl (C=O) groups excluding carboxylic acids is 1. The van der Waals surface area contributed by atoms with E-state index >= 15 is 0 Å². The number of benzene rings is 1. The number of aromatic nitrogens is 1. The standard InChI is InChI=1S/C18H21N3O/c1-18(11-6-8-14-7-2-3-10-16(14)18)21-17(22)20-13-15-9-4-5-12-19-15/h2-5,7,9-10,12H,6,8,11,13H2,1H3,(H2,20,21,22)/t18-/m1/s1. The number of urea groups is 1. The number of fused-ring (bicyclic) bond motifs is 1. The minimum absolute atomic E-state index is 0.148. The van der Waals surface area contributed by atoms with Crippen molar-refractivity contribution < 1.29 is 4.79 Å². The smallest absolute Gasteiger partial charge is 0.315 e.